The molecule has 2 atom stereocenters. The average molecular weight is 289 g/mol. The summed E-state index contributed by atoms with van der Waals surface area (Å²) in [4.78, 5) is 35.7. The smallest absolute Gasteiger partial charge is 0.307 e. The molecule has 7 heteroatoms. The molecule has 0 aliphatic carbocycles. The van der Waals surface area contributed by atoms with Crippen molar-refractivity contribution in [2.75, 3.05) is 33.9 Å². The maximum atomic E-state index is 12.3. The molecule has 0 aromatic rings. The molecule has 0 aliphatic heterocycles. The molecule has 0 aromatic heterocycles. The molecule has 0 fully saturated rings. The van der Waals surface area contributed by atoms with E-state index in [0.717, 1.165) is 0 Å². The van der Waals surface area contributed by atoms with Crippen LogP contribution >= 0.6 is 0 Å². The molecular formula is C13H23NO6. The molecule has 1 amide bonds. The van der Waals surface area contributed by atoms with Crippen LogP contribution in [-0.2, 0) is 23.9 Å². The molecule has 0 saturated heterocycles. The second kappa shape index (κ2) is 9.30. The third kappa shape index (κ3) is 6.01. The van der Waals surface area contributed by atoms with E-state index in [1.165, 1.54) is 26.0 Å². The lowest BCUT2D eigenvalue weighted by Crippen LogP contribution is -2.42. The molecule has 1 N–H and O–H groups in total. The normalized spacial score (nSPS) is 13.4. The van der Waals surface area contributed by atoms with E-state index in [4.69, 9.17) is 9.84 Å². The van der Waals surface area contributed by atoms with Gasteiger partial charge in [0.15, 0.2) is 0 Å². The Hall–Kier alpha value is -1.63. The fourth-order valence-corrected chi connectivity index (χ4v) is 1.58. The number of esters is 1. The molecule has 20 heavy (non-hydrogen) atoms. The minimum atomic E-state index is -1.02. The van der Waals surface area contributed by atoms with E-state index in [-0.39, 0.29) is 18.9 Å². The van der Waals surface area contributed by atoms with Gasteiger partial charge in [-0.1, -0.05) is 13.8 Å². The van der Waals surface area contributed by atoms with Crippen LogP contribution < -0.4 is 0 Å². The van der Waals surface area contributed by atoms with Crippen molar-refractivity contribution in [2.24, 2.45) is 11.8 Å². The second-order valence-corrected chi connectivity index (χ2v) is 4.56. The van der Waals surface area contributed by atoms with Crippen LogP contribution in [0.2, 0.25) is 0 Å². The highest BCUT2D eigenvalue weighted by molar-refractivity contribution is 5.84. The van der Waals surface area contributed by atoms with Gasteiger partial charge >= 0.3 is 11.9 Å². The topological polar surface area (TPSA) is 93.1 Å². The molecule has 0 radical (unpaired) electrons. The Bertz CT molecular complexity index is 344. The highest BCUT2D eigenvalue weighted by Gasteiger charge is 2.29. The van der Waals surface area contributed by atoms with Crippen LogP contribution in [0.15, 0.2) is 0 Å². The predicted octanol–water partition coefficient (Wildman–Crippen LogP) is 0.381. The standard InChI is InChI=1S/C13H23NO6/c1-9(10(2)13(17)18)12(16)14(7-8-19-3)6-5-11(15)20-4/h9-10H,5-8H2,1-4H3,(H,17,18). The van der Waals surface area contributed by atoms with Crippen molar-refractivity contribution < 1.29 is 29.0 Å². The number of ether oxygens (including phenoxy) is 2. The third-order valence-electron chi connectivity index (χ3n) is 3.22. The number of carboxylic acid groups (broad SMARTS) is 1. The van der Waals surface area contributed by atoms with Crippen molar-refractivity contribution in [3.63, 3.8) is 0 Å². The largest absolute Gasteiger partial charge is 0.481 e. The first-order valence-electron chi connectivity index (χ1n) is 6.42. The summed E-state index contributed by atoms with van der Waals surface area (Å²) in [6, 6.07) is 0. The molecule has 0 saturated carbocycles. The van der Waals surface area contributed by atoms with E-state index >= 15 is 0 Å². The van der Waals surface area contributed by atoms with Crippen LogP contribution in [0.5, 0.6) is 0 Å². The molecular weight excluding hydrogens is 266 g/mol. The Labute approximate surface area is 118 Å². The van der Waals surface area contributed by atoms with E-state index in [2.05, 4.69) is 4.74 Å². The van der Waals surface area contributed by atoms with Gasteiger partial charge < -0.3 is 19.5 Å². The summed E-state index contributed by atoms with van der Waals surface area (Å²) in [6.07, 6.45) is 0.0696. The highest BCUT2D eigenvalue weighted by Crippen LogP contribution is 2.15. The maximum Gasteiger partial charge on any atom is 0.307 e. The Balaban J connectivity index is 4.69. The van der Waals surface area contributed by atoms with Crippen LogP contribution in [-0.4, -0.2) is 61.8 Å². The molecule has 2 unspecified atom stereocenters. The van der Waals surface area contributed by atoms with Crippen molar-refractivity contribution in [1.82, 2.24) is 4.90 Å². The van der Waals surface area contributed by atoms with Gasteiger partial charge in [0.2, 0.25) is 5.91 Å². The molecule has 0 aromatic carbocycles. The highest BCUT2D eigenvalue weighted by atomic mass is 16.5. The van der Waals surface area contributed by atoms with Gasteiger partial charge in [0.05, 0.1) is 26.1 Å². The van der Waals surface area contributed by atoms with E-state index in [0.29, 0.717) is 13.2 Å². The minimum Gasteiger partial charge on any atom is -0.481 e. The fourth-order valence-electron chi connectivity index (χ4n) is 1.58. The lowest BCUT2D eigenvalue weighted by Gasteiger charge is -2.26. The molecule has 0 bridgehead atoms. The van der Waals surface area contributed by atoms with Gasteiger partial charge in [0.1, 0.15) is 0 Å². The summed E-state index contributed by atoms with van der Waals surface area (Å²) in [7, 11) is 2.78. The number of nitrogens with zero attached hydrogens (tertiary/aromatic N) is 1. The van der Waals surface area contributed by atoms with Crippen LogP contribution in [0.25, 0.3) is 0 Å². The number of aliphatic carboxylic acids is 1. The zero-order chi connectivity index (χ0) is 15.7. The van der Waals surface area contributed by atoms with Crippen molar-refractivity contribution in [2.45, 2.75) is 20.3 Å². The summed E-state index contributed by atoms with van der Waals surface area (Å²) < 4.78 is 9.45. The maximum absolute atomic E-state index is 12.3. The molecule has 0 aliphatic rings. The van der Waals surface area contributed by atoms with Gasteiger partial charge in [-0.05, 0) is 0 Å². The molecule has 0 heterocycles. The van der Waals surface area contributed by atoms with Gasteiger partial charge in [-0.15, -0.1) is 0 Å². The Morgan fingerprint density at radius 2 is 1.70 bits per heavy atom. The zero-order valence-electron chi connectivity index (χ0n) is 12.4. The van der Waals surface area contributed by atoms with Crippen molar-refractivity contribution in [3.8, 4) is 0 Å². The van der Waals surface area contributed by atoms with E-state index in [1.807, 2.05) is 0 Å². The van der Waals surface area contributed by atoms with Crippen LogP contribution in [0.1, 0.15) is 20.3 Å². The fraction of sp³-hybridized carbons (Fsp3) is 0.769. The Morgan fingerprint density at radius 3 is 2.15 bits per heavy atom. The summed E-state index contributed by atoms with van der Waals surface area (Å²) >= 11 is 0. The predicted molar refractivity (Wildman–Crippen MR) is 71.1 cm³/mol. The number of methoxy groups -OCH3 is 2. The van der Waals surface area contributed by atoms with Crippen LogP contribution in [0.3, 0.4) is 0 Å². The van der Waals surface area contributed by atoms with Gasteiger partial charge in [-0.3, -0.25) is 14.4 Å². The van der Waals surface area contributed by atoms with Crippen LogP contribution in [0.4, 0.5) is 0 Å². The quantitative estimate of drug-likeness (QED) is 0.617. The molecule has 7 nitrogen and oxygen atoms in total. The lowest BCUT2D eigenvalue weighted by atomic mass is 9.94. The van der Waals surface area contributed by atoms with Gasteiger partial charge in [-0.25, -0.2) is 0 Å². The second-order valence-electron chi connectivity index (χ2n) is 4.56. The first kappa shape index (κ1) is 18.4. The van der Waals surface area contributed by atoms with Gasteiger partial charge in [-0.2, -0.15) is 0 Å². The number of hydrogen-bond donors (Lipinski definition) is 1. The first-order chi connectivity index (χ1) is 9.34. The summed E-state index contributed by atoms with van der Waals surface area (Å²) in [5.74, 6) is -3.20. The number of hydrogen-bond acceptors (Lipinski definition) is 5. The van der Waals surface area contributed by atoms with E-state index in [9.17, 15) is 14.4 Å². The first-order valence-corrected chi connectivity index (χ1v) is 6.42. The van der Waals surface area contributed by atoms with Gasteiger partial charge in [0, 0.05) is 26.1 Å². The van der Waals surface area contributed by atoms with Crippen molar-refractivity contribution in [3.05, 3.63) is 0 Å². The molecule has 0 rings (SSSR count). The molecule has 0 spiro atoms. The van der Waals surface area contributed by atoms with E-state index < -0.39 is 23.8 Å². The monoisotopic (exact) mass is 289 g/mol. The SMILES string of the molecule is COCCN(CCC(=O)OC)C(=O)C(C)C(C)C(=O)O. The summed E-state index contributed by atoms with van der Waals surface area (Å²) in [6.45, 7) is 3.87. The average Bonchev–Trinajstić information content (AvgIpc) is 2.44. The summed E-state index contributed by atoms with van der Waals surface area (Å²) in [5.41, 5.74) is 0. The number of rotatable bonds is 9. The molecule has 116 valence electrons. The minimum absolute atomic E-state index is 0.0696. The number of amides is 1. The third-order valence-corrected chi connectivity index (χ3v) is 3.22. The Kier molecular flexibility index (Phi) is 8.54. The van der Waals surface area contributed by atoms with E-state index in [1.54, 1.807) is 6.92 Å². The lowest BCUT2D eigenvalue weighted by molar-refractivity contribution is -0.150. The van der Waals surface area contributed by atoms with Crippen molar-refractivity contribution in [1.29, 1.82) is 0 Å². The van der Waals surface area contributed by atoms with Crippen molar-refractivity contribution >= 4 is 17.8 Å². The zero-order valence-corrected chi connectivity index (χ0v) is 12.4. The number of carbonyl (C=O) groups excluding carboxylic acids is 2. The summed E-state index contributed by atoms with van der Waals surface area (Å²) in [5, 5.41) is 8.95. The van der Waals surface area contributed by atoms with Gasteiger partial charge in [0.25, 0.3) is 0 Å². The van der Waals surface area contributed by atoms with Crippen LogP contribution in [0, 0.1) is 11.8 Å². The Morgan fingerprint density at radius 1 is 1.10 bits per heavy atom. The number of carbonyl (C=O) groups is 3. The number of carboxylic acids is 1.